The normalized spacial score (nSPS) is 19.1. The highest BCUT2D eigenvalue weighted by atomic mass is 16.5. The Labute approximate surface area is 108 Å². The number of rotatable bonds is 5. The summed E-state index contributed by atoms with van der Waals surface area (Å²) in [5.74, 6) is -1.29. The Kier molecular flexibility index (Phi) is 5.13. The van der Waals surface area contributed by atoms with E-state index in [1.807, 2.05) is 12.2 Å². The smallest absolute Gasteiger partial charge is 0.324 e. The molecule has 0 amide bonds. The fourth-order valence-electron chi connectivity index (χ4n) is 2.52. The van der Waals surface area contributed by atoms with Crippen molar-refractivity contribution in [3.8, 4) is 0 Å². The summed E-state index contributed by atoms with van der Waals surface area (Å²) in [7, 11) is 2.57. The zero-order valence-corrected chi connectivity index (χ0v) is 11.0. The van der Waals surface area contributed by atoms with E-state index in [-0.39, 0.29) is 12.3 Å². The Morgan fingerprint density at radius 3 is 2.39 bits per heavy atom. The van der Waals surface area contributed by atoms with E-state index in [0.717, 1.165) is 19.3 Å². The van der Waals surface area contributed by atoms with E-state index in [2.05, 4.69) is 6.58 Å². The van der Waals surface area contributed by atoms with Crippen molar-refractivity contribution in [3.05, 3.63) is 24.8 Å². The van der Waals surface area contributed by atoms with E-state index in [1.54, 1.807) is 6.08 Å². The van der Waals surface area contributed by atoms with Gasteiger partial charge in [0.05, 0.1) is 14.2 Å². The van der Waals surface area contributed by atoms with Gasteiger partial charge in [-0.1, -0.05) is 18.2 Å². The van der Waals surface area contributed by atoms with Crippen LogP contribution in [0.15, 0.2) is 24.8 Å². The number of methoxy groups -OCH3 is 2. The molecule has 0 bridgehead atoms. The summed E-state index contributed by atoms with van der Waals surface area (Å²) in [5.41, 5.74) is -1.29. The minimum absolute atomic E-state index is 0.191. The minimum Gasteiger partial charge on any atom is -0.468 e. The first kappa shape index (κ1) is 14.5. The number of ether oxygens (including phenoxy) is 2. The van der Waals surface area contributed by atoms with Gasteiger partial charge >= 0.3 is 11.9 Å². The van der Waals surface area contributed by atoms with E-state index in [1.165, 1.54) is 14.2 Å². The molecule has 0 aromatic rings. The first-order chi connectivity index (χ1) is 8.63. The van der Waals surface area contributed by atoms with Crippen molar-refractivity contribution in [1.29, 1.82) is 0 Å². The molecule has 4 heteroatoms. The van der Waals surface area contributed by atoms with Crippen molar-refractivity contribution >= 4 is 11.9 Å². The van der Waals surface area contributed by atoms with Gasteiger partial charge in [-0.15, -0.1) is 6.58 Å². The molecule has 0 N–H and O–H groups in total. The number of esters is 2. The monoisotopic (exact) mass is 252 g/mol. The third-order valence-electron chi connectivity index (χ3n) is 3.45. The Bertz CT molecular complexity index is 341. The van der Waals surface area contributed by atoms with Gasteiger partial charge in [0.1, 0.15) is 0 Å². The molecule has 1 atom stereocenters. The lowest BCUT2D eigenvalue weighted by atomic mass is 9.69. The molecule has 0 heterocycles. The average Bonchev–Trinajstić information content (AvgIpc) is 2.44. The van der Waals surface area contributed by atoms with E-state index in [4.69, 9.17) is 9.47 Å². The van der Waals surface area contributed by atoms with Crippen molar-refractivity contribution < 1.29 is 19.1 Å². The van der Waals surface area contributed by atoms with Crippen LogP contribution in [-0.2, 0) is 19.1 Å². The third-order valence-corrected chi connectivity index (χ3v) is 3.45. The maximum absolute atomic E-state index is 12.1. The molecule has 100 valence electrons. The molecule has 0 aromatic carbocycles. The molecule has 0 aromatic heterocycles. The van der Waals surface area contributed by atoms with Crippen LogP contribution in [-0.4, -0.2) is 26.2 Å². The van der Waals surface area contributed by atoms with Gasteiger partial charge < -0.3 is 9.47 Å². The summed E-state index contributed by atoms with van der Waals surface area (Å²) in [4.78, 5) is 24.2. The first-order valence-corrected chi connectivity index (χ1v) is 6.07. The first-order valence-electron chi connectivity index (χ1n) is 6.07. The molecule has 18 heavy (non-hydrogen) atoms. The summed E-state index contributed by atoms with van der Waals surface area (Å²) in [6.45, 7) is 3.63. The summed E-state index contributed by atoms with van der Waals surface area (Å²) >= 11 is 0. The molecule has 4 nitrogen and oxygen atoms in total. The van der Waals surface area contributed by atoms with E-state index < -0.39 is 17.4 Å². The lowest BCUT2D eigenvalue weighted by Crippen LogP contribution is -2.46. The quantitative estimate of drug-likeness (QED) is 0.428. The predicted molar refractivity (Wildman–Crippen MR) is 67.8 cm³/mol. The second kappa shape index (κ2) is 6.38. The van der Waals surface area contributed by atoms with Crippen LogP contribution in [0.5, 0.6) is 0 Å². The van der Waals surface area contributed by atoms with E-state index in [9.17, 15) is 9.59 Å². The van der Waals surface area contributed by atoms with Crippen LogP contribution in [0.2, 0.25) is 0 Å². The van der Waals surface area contributed by atoms with Gasteiger partial charge in [-0.3, -0.25) is 9.59 Å². The van der Waals surface area contributed by atoms with Crippen LogP contribution in [0.3, 0.4) is 0 Å². The number of hydrogen-bond acceptors (Lipinski definition) is 4. The van der Waals surface area contributed by atoms with Crippen LogP contribution in [0.4, 0.5) is 0 Å². The predicted octanol–water partition coefficient (Wildman–Crippen LogP) is 2.25. The Balaban J connectivity index is 3.21. The Morgan fingerprint density at radius 1 is 1.39 bits per heavy atom. The summed E-state index contributed by atoms with van der Waals surface area (Å²) in [6, 6.07) is 0. The molecule has 0 aliphatic heterocycles. The molecular weight excluding hydrogens is 232 g/mol. The molecule has 0 fully saturated rings. The highest BCUT2D eigenvalue weighted by Crippen LogP contribution is 2.40. The van der Waals surface area contributed by atoms with Gasteiger partial charge in [0.15, 0.2) is 5.41 Å². The minimum atomic E-state index is -1.29. The summed E-state index contributed by atoms with van der Waals surface area (Å²) in [6.07, 6.45) is 8.40. The van der Waals surface area contributed by atoms with Crippen molar-refractivity contribution in [1.82, 2.24) is 0 Å². The van der Waals surface area contributed by atoms with E-state index in [0.29, 0.717) is 0 Å². The number of hydrogen-bond donors (Lipinski definition) is 0. The van der Waals surface area contributed by atoms with Crippen LogP contribution in [0.1, 0.15) is 25.7 Å². The zero-order chi connectivity index (χ0) is 13.6. The van der Waals surface area contributed by atoms with E-state index >= 15 is 0 Å². The highest BCUT2D eigenvalue weighted by molar-refractivity contribution is 6.00. The van der Waals surface area contributed by atoms with Gasteiger partial charge in [0.25, 0.3) is 0 Å². The molecular formula is C14H20O4. The summed E-state index contributed by atoms with van der Waals surface area (Å²) in [5, 5.41) is 0. The van der Waals surface area contributed by atoms with Crippen LogP contribution >= 0.6 is 0 Å². The van der Waals surface area contributed by atoms with Crippen molar-refractivity contribution in [2.24, 2.45) is 11.3 Å². The molecule has 0 saturated heterocycles. The van der Waals surface area contributed by atoms with Gasteiger partial charge in [-0.25, -0.2) is 0 Å². The SMILES string of the molecule is C=CCC(C(=O)OC)(C(=O)OC)C1C=CCCC1. The highest BCUT2D eigenvalue weighted by Gasteiger charge is 2.52. The maximum atomic E-state index is 12.1. The van der Waals surface area contributed by atoms with Crippen LogP contribution in [0.25, 0.3) is 0 Å². The van der Waals surface area contributed by atoms with Gasteiger partial charge in [-0.05, 0) is 25.7 Å². The number of allylic oxidation sites excluding steroid dienone is 3. The molecule has 0 radical (unpaired) electrons. The lowest BCUT2D eigenvalue weighted by molar-refractivity contribution is -0.172. The van der Waals surface area contributed by atoms with Gasteiger partial charge in [0, 0.05) is 5.92 Å². The fourth-order valence-corrected chi connectivity index (χ4v) is 2.52. The number of carbonyl (C=O) groups is 2. The Morgan fingerprint density at radius 2 is 2.00 bits per heavy atom. The second-order valence-corrected chi connectivity index (χ2v) is 4.41. The third kappa shape index (κ3) is 2.47. The lowest BCUT2D eigenvalue weighted by Gasteiger charge is -2.34. The van der Waals surface area contributed by atoms with Crippen molar-refractivity contribution in [2.75, 3.05) is 14.2 Å². The Hall–Kier alpha value is -1.58. The van der Waals surface area contributed by atoms with Crippen LogP contribution < -0.4 is 0 Å². The topological polar surface area (TPSA) is 52.6 Å². The number of carbonyl (C=O) groups excluding carboxylic acids is 2. The molecule has 1 rings (SSSR count). The fraction of sp³-hybridized carbons (Fsp3) is 0.571. The molecule has 0 saturated carbocycles. The summed E-state index contributed by atoms with van der Waals surface area (Å²) < 4.78 is 9.65. The van der Waals surface area contributed by atoms with Crippen LogP contribution in [0, 0.1) is 11.3 Å². The molecule has 1 unspecified atom stereocenters. The average molecular weight is 252 g/mol. The molecule has 0 spiro atoms. The van der Waals surface area contributed by atoms with Crippen molar-refractivity contribution in [2.45, 2.75) is 25.7 Å². The van der Waals surface area contributed by atoms with Crippen molar-refractivity contribution in [3.63, 3.8) is 0 Å². The zero-order valence-electron chi connectivity index (χ0n) is 11.0. The van der Waals surface area contributed by atoms with Gasteiger partial charge in [-0.2, -0.15) is 0 Å². The molecule has 1 aliphatic carbocycles. The molecule has 1 aliphatic rings. The second-order valence-electron chi connectivity index (χ2n) is 4.41. The maximum Gasteiger partial charge on any atom is 0.324 e. The largest absolute Gasteiger partial charge is 0.468 e. The standard InChI is InChI=1S/C14H20O4/c1-4-10-14(12(15)17-2,13(16)18-3)11-8-6-5-7-9-11/h4,6,8,11H,1,5,7,9-10H2,2-3H3. The van der Waals surface area contributed by atoms with Gasteiger partial charge in [0.2, 0.25) is 0 Å².